The van der Waals surface area contributed by atoms with Crippen molar-refractivity contribution < 1.29 is 0 Å². The van der Waals surface area contributed by atoms with E-state index in [1.165, 1.54) is 88.7 Å². The lowest BCUT2D eigenvalue weighted by Gasteiger charge is -2.35. The first kappa shape index (κ1) is 42.8. The number of hydrogen-bond acceptors (Lipinski definition) is 1. The molecule has 0 spiro atoms. The van der Waals surface area contributed by atoms with E-state index in [1.54, 1.807) is 0 Å². The molecule has 0 fully saturated rings. The van der Waals surface area contributed by atoms with Crippen LogP contribution >= 0.6 is 0 Å². The summed E-state index contributed by atoms with van der Waals surface area (Å²) in [7, 11) is 0. The quantitative estimate of drug-likeness (QED) is 0.140. The zero-order valence-electron chi connectivity index (χ0n) is 39.9. The maximum absolute atomic E-state index is 2.52. The van der Waals surface area contributed by atoms with E-state index in [0.717, 1.165) is 22.6 Å². The van der Waals surface area contributed by atoms with Crippen LogP contribution in [0.25, 0.3) is 66.4 Å². The highest BCUT2D eigenvalue weighted by Gasteiger charge is 2.46. The first-order valence-corrected chi connectivity index (χ1v) is 24.5. The van der Waals surface area contributed by atoms with Gasteiger partial charge in [-0.2, -0.15) is 0 Å². The van der Waals surface area contributed by atoms with Crippen LogP contribution in [0.2, 0.25) is 0 Å². The molecule has 70 heavy (non-hydrogen) atoms. The zero-order valence-corrected chi connectivity index (χ0v) is 39.9. The van der Waals surface area contributed by atoms with Gasteiger partial charge in [0.05, 0.1) is 11.1 Å². The Balaban J connectivity index is 1.14. The van der Waals surface area contributed by atoms with Crippen LogP contribution < -0.4 is 4.90 Å². The monoisotopic (exact) mass is 895 g/mol. The minimum atomic E-state index is -0.556. The van der Waals surface area contributed by atoms with Crippen molar-refractivity contribution in [1.29, 1.82) is 0 Å². The Hall–Kier alpha value is -8.52. The van der Waals surface area contributed by atoms with Gasteiger partial charge in [0.25, 0.3) is 0 Å². The second-order valence-corrected chi connectivity index (χ2v) is 19.6. The summed E-state index contributed by atoms with van der Waals surface area (Å²) < 4.78 is 0. The predicted octanol–water partition coefficient (Wildman–Crippen LogP) is 18.6. The normalized spacial score (nSPS) is 12.6. The van der Waals surface area contributed by atoms with Gasteiger partial charge in [0.1, 0.15) is 0 Å². The van der Waals surface area contributed by atoms with Crippen LogP contribution in [-0.4, -0.2) is 0 Å². The van der Waals surface area contributed by atoms with E-state index < -0.39 is 5.41 Å². The largest absolute Gasteiger partial charge is 0.310 e. The highest BCUT2D eigenvalue weighted by molar-refractivity contribution is 6.01. The number of hydrogen-bond donors (Lipinski definition) is 0. The fourth-order valence-electron chi connectivity index (χ4n) is 11.4. The van der Waals surface area contributed by atoms with Gasteiger partial charge in [-0.1, -0.05) is 251 Å². The maximum atomic E-state index is 2.52. The van der Waals surface area contributed by atoms with Crippen molar-refractivity contribution in [3.8, 4) is 55.6 Å². The van der Waals surface area contributed by atoms with E-state index in [4.69, 9.17) is 0 Å². The third-order valence-corrected chi connectivity index (χ3v) is 14.5. The highest BCUT2D eigenvalue weighted by Crippen LogP contribution is 2.58. The van der Waals surface area contributed by atoms with Gasteiger partial charge in [-0.15, -0.1) is 0 Å². The Labute approximate surface area is 412 Å². The van der Waals surface area contributed by atoms with E-state index in [2.05, 4.69) is 293 Å². The molecular formula is C69H53N. The lowest BCUT2D eigenvalue weighted by molar-refractivity contribution is 0.592. The number of anilines is 3. The summed E-state index contributed by atoms with van der Waals surface area (Å²) in [5, 5.41) is 2.40. The van der Waals surface area contributed by atoms with E-state index in [-0.39, 0.29) is 5.41 Å². The standard InChI is InChI=1S/C69H53N/c1-68(2,3)63-37-20-18-34-60(63)62-45-51-27-16-17-28-52(51)46-66(62)70(55-41-39-50(40-42-55)67-57(48-23-8-4-9-24-48)35-22-36-58(67)49-25-10-5-11-26-49)56-43-44-61-59-33-19-21-38-64(59)69(65(61)47-56,53-29-12-6-13-30-53)54-31-14-7-15-32-54/h4-47H,1-3H3. The van der Waals surface area contributed by atoms with E-state index in [0.29, 0.717) is 0 Å². The molecule has 0 aliphatic heterocycles. The summed E-state index contributed by atoms with van der Waals surface area (Å²) in [5.74, 6) is 0. The molecule has 0 N–H and O–H groups in total. The molecule has 0 radical (unpaired) electrons. The molecule has 11 aromatic carbocycles. The van der Waals surface area contributed by atoms with E-state index in [1.807, 2.05) is 0 Å². The highest BCUT2D eigenvalue weighted by atomic mass is 15.1. The summed E-state index contributed by atoms with van der Waals surface area (Å²) in [6, 6.07) is 98.8. The van der Waals surface area contributed by atoms with Gasteiger partial charge in [0.2, 0.25) is 0 Å². The summed E-state index contributed by atoms with van der Waals surface area (Å²) in [4.78, 5) is 2.52. The third-order valence-electron chi connectivity index (χ3n) is 14.5. The molecule has 1 nitrogen and oxygen atoms in total. The molecular weight excluding hydrogens is 843 g/mol. The van der Waals surface area contributed by atoms with Crippen molar-refractivity contribution in [3.63, 3.8) is 0 Å². The van der Waals surface area contributed by atoms with Gasteiger partial charge in [-0.25, -0.2) is 0 Å². The number of rotatable bonds is 9. The molecule has 334 valence electrons. The molecule has 12 rings (SSSR count). The molecule has 0 heterocycles. The van der Waals surface area contributed by atoms with Crippen molar-refractivity contribution in [2.45, 2.75) is 31.6 Å². The topological polar surface area (TPSA) is 3.24 Å². The van der Waals surface area contributed by atoms with Crippen LogP contribution in [0.3, 0.4) is 0 Å². The lowest BCUT2D eigenvalue weighted by Crippen LogP contribution is -2.28. The van der Waals surface area contributed by atoms with Crippen LogP contribution in [-0.2, 0) is 10.8 Å². The van der Waals surface area contributed by atoms with Gasteiger partial charge in [0, 0.05) is 16.9 Å². The van der Waals surface area contributed by atoms with Crippen molar-refractivity contribution >= 4 is 27.8 Å². The second-order valence-electron chi connectivity index (χ2n) is 19.6. The first-order valence-electron chi connectivity index (χ1n) is 24.5. The summed E-state index contributed by atoms with van der Waals surface area (Å²) >= 11 is 0. The summed E-state index contributed by atoms with van der Waals surface area (Å²) in [6.45, 7) is 6.97. The molecule has 1 aliphatic carbocycles. The zero-order chi connectivity index (χ0) is 47.2. The molecule has 0 saturated heterocycles. The van der Waals surface area contributed by atoms with Crippen molar-refractivity contribution in [2.24, 2.45) is 0 Å². The maximum Gasteiger partial charge on any atom is 0.0714 e. The van der Waals surface area contributed by atoms with Crippen LogP contribution in [0.4, 0.5) is 17.1 Å². The fourth-order valence-corrected chi connectivity index (χ4v) is 11.4. The van der Waals surface area contributed by atoms with E-state index >= 15 is 0 Å². The van der Waals surface area contributed by atoms with Crippen LogP contribution in [0.1, 0.15) is 48.6 Å². The van der Waals surface area contributed by atoms with Crippen LogP contribution in [0.15, 0.2) is 267 Å². The Morgan fingerprint density at radius 1 is 0.314 bits per heavy atom. The van der Waals surface area contributed by atoms with Crippen LogP contribution in [0, 0.1) is 0 Å². The minimum absolute atomic E-state index is 0.0983. The Bertz CT molecular complexity index is 3560. The lowest BCUT2D eigenvalue weighted by atomic mass is 9.67. The predicted molar refractivity (Wildman–Crippen MR) is 296 cm³/mol. The second kappa shape index (κ2) is 17.5. The molecule has 0 atom stereocenters. The molecule has 0 saturated carbocycles. The molecule has 0 aromatic heterocycles. The van der Waals surface area contributed by atoms with E-state index in [9.17, 15) is 0 Å². The summed E-state index contributed by atoms with van der Waals surface area (Å²) in [5.41, 5.74) is 21.1. The van der Waals surface area contributed by atoms with Crippen LogP contribution in [0.5, 0.6) is 0 Å². The average Bonchev–Trinajstić information content (AvgIpc) is 3.72. The molecule has 1 aliphatic rings. The Morgan fingerprint density at radius 2 is 0.786 bits per heavy atom. The third kappa shape index (κ3) is 7.25. The Morgan fingerprint density at radius 3 is 1.39 bits per heavy atom. The molecule has 0 bridgehead atoms. The first-order chi connectivity index (χ1) is 34.4. The van der Waals surface area contributed by atoms with Crippen molar-refractivity contribution in [2.75, 3.05) is 4.90 Å². The smallest absolute Gasteiger partial charge is 0.0714 e. The average molecular weight is 896 g/mol. The number of fused-ring (bicyclic) bond motifs is 4. The Kier molecular flexibility index (Phi) is 10.7. The van der Waals surface area contributed by atoms with Crippen molar-refractivity contribution in [1.82, 2.24) is 0 Å². The van der Waals surface area contributed by atoms with Gasteiger partial charge < -0.3 is 4.90 Å². The van der Waals surface area contributed by atoms with Gasteiger partial charge >= 0.3 is 0 Å². The molecule has 0 unspecified atom stereocenters. The summed E-state index contributed by atoms with van der Waals surface area (Å²) in [6.07, 6.45) is 0. The fraction of sp³-hybridized carbons (Fsp3) is 0.0725. The molecule has 11 aromatic rings. The molecule has 0 amide bonds. The van der Waals surface area contributed by atoms with Gasteiger partial charge in [-0.3, -0.25) is 0 Å². The van der Waals surface area contributed by atoms with Gasteiger partial charge in [0.15, 0.2) is 0 Å². The SMILES string of the molecule is CC(C)(C)c1ccccc1-c1cc2ccccc2cc1N(c1ccc(-c2c(-c3ccccc3)cccc2-c2ccccc2)cc1)c1ccc2c(c1)C(c1ccccc1)(c1ccccc1)c1ccccc1-2. The number of benzene rings is 11. The number of nitrogens with zero attached hydrogens (tertiary/aromatic N) is 1. The van der Waals surface area contributed by atoms with Crippen molar-refractivity contribution in [3.05, 3.63) is 295 Å². The molecule has 1 heteroatoms. The van der Waals surface area contributed by atoms with Gasteiger partial charge in [-0.05, 0) is 130 Å². The minimum Gasteiger partial charge on any atom is -0.310 e.